The van der Waals surface area contributed by atoms with Crippen molar-refractivity contribution in [3.63, 3.8) is 0 Å². The lowest BCUT2D eigenvalue weighted by molar-refractivity contribution is -0.137. The maximum absolute atomic E-state index is 12.7. The van der Waals surface area contributed by atoms with E-state index in [4.69, 9.17) is 4.42 Å². The molecule has 9 heteroatoms. The number of benzene rings is 1. The van der Waals surface area contributed by atoms with Crippen LogP contribution in [0.3, 0.4) is 0 Å². The van der Waals surface area contributed by atoms with Gasteiger partial charge < -0.3 is 14.6 Å². The molecule has 0 unspecified atom stereocenters. The molecule has 2 amide bonds. The van der Waals surface area contributed by atoms with Gasteiger partial charge in [-0.15, -0.1) is 11.8 Å². The Morgan fingerprint density at radius 3 is 2.65 bits per heavy atom. The molecule has 0 fully saturated rings. The number of hydrogen-bond acceptors (Lipinski definition) is 4. The third kappa shape index (κ3) is 6.14. The fourth-order valence-corrected chi connectivity index (χ4v) is 2.87. The molecule has 0 atom stereocenters. The summed E-state index contributed by atoms with van der Waals surface area (Å²) in [4.78, 5) is 25.4. The summed E-state index contributed by atoms with van der Waals surface area (Å²) in [5.41, 5.74) is -0.763. The fraction of sp³-hybridized carbons (Fsp3) is 0.294. The van der Waals surface area contributed by atoms with Crippen LogP contribution in [0.25, 0.3) is 0 Å². The maximum Gasteiger partial charge on any atom is 0.416 e. The number of furan rings is 1. The molecule has 0 spiro atoms. The summed E-state index contributed by atoms with van der Waals surface area (Å²) in [6, 6.07) is 8.17. The summed E-state index contributed by atoms with van der Waals surface area (Å²) in [5.74, 6) is -0.196. The Morgan fingerprint density at radius 1 is 1.23 bits per heavy atom. The lowest BCUT2D eigenvalue weighted by atomic mass is 10.2. The number of carbonyl (C=O) groups excluding carboxylic acids is 2. The fourth-order valence-electron chi connectivity index (χ4n) is 1.98. The van der Waals surface area contributed by atoms with Crippen LogP contribution >= 0.6 is 11.8 Å². The molecule has 0 aliphatic rings. The molecule has 140 valence electrons. The number of thioether (sulfide) groups is 1. The van der Waals surface area contributed by atoms with Crippen LogP contribution in [0.1, 0.15) is 11.3 Å². The van der Waals surface area contributed by atoms with Crippen molar-refractivity contribution < 1.29 is 27.2 Å². The van der Waals surface area contributed by atoms with Gasteiger partial charge in [0, 0.05) is 11.9 Å². The number of nitrogens with one attached hydrogen (secondary N) is 1. The second kappa shape index (κ2) is 8.79. The van der Waals surface area contributed by atoms with Gasteiger partial charge in [0.15, 0.2) is 0 Å². The molecule has 0 saturated heterocycles. The summed E-state index contributed by atoms with van der Waals surface area (Å²) >= 11 is 0.988. The van der Waals surface area contributed by atoms with Crippen molar-refractivity contribution in [3.8, 4) is 0 Å². The third-order valence-electron chi connectivity index (χ3n) is 3.37. The molecule has 0 radical (unpaired) electrons. The van der Waals surface area contributed by atoms with E-state index in [0.717, 1.165) is 23.9 Å². The van der Waals surface area contributed by atoms with Crippen LogP contribution in [0.5, 0.6) is 0 Å². The first-order valence-electron chi connectivity index (χ1n) is 7.59. The summed E-state index contributed by atoms with van der Waals surface area (Å²) in [5, 5.41) is 2.61. The predicted molar refractivity (Wildman–Crippen MR) is 90.4 cm³/mol. The second-order valence-electron chi connectivity index (χ2n) is 5.42. The van der Waals surface area contributed by atoms with Gasteiger partial charge in [0.05, 0.1) is 30.7 Å². The molecular formula is C17H17F3N2O3S. The third-order valence-corrected chi connectivity index (χ3v) is 4.35. The summed E-state index contributed by atoms with van der Waals surface area (Å²) in [6.45, 7) is 0.0650. The van der Waals surface area contributed by atoms with Gasteiger partial charge in [0.25, 0.3) is 0 Å². The predicted octanol–water partition coefficient (Wildman–Crippen LogP) is 3.17. The number of nitrogens with zero attached hydrogens (tertiary/aromatic N) is 1. The van der Waals surface area contributed by atoms with Gasteiger partial charge >= 0.3 is 6.18 Å². The van der Waals surface area contributed by atoms with E-state index in [0.29, 0.717) is 10.7 Å². The summed E-state index contributed by atoms with van der Waals surface area (Å²) in [7, 11) is 1.46. The Balaban J connectivity index is 1.79. The first-order valence-corrected chi connectivity index (χ1v) is 8.57. The van der Waals surface area contributed by atoms with E-state index in [-0.39, 0.29) is 30.7 Å². The molecule has 5 nitrogen and oxygen atoms in total. The van der Waals surface area contributed by atoms with Crippen molar-refractivity contribution in [2.24, 2.45) is 0 Å². The van der Waals surface area contributed by atoms with Crippen LogP contribution < -0.4 is 5.32 Å². The quantitative estimate of drug-likeness (QED) is 0.743. The molecule has 0 bridgehead atoms. The summed E-state index contributed by atoms with van der Waals surface area (Å²) in [6.07, 6.45) is -2.94. The molecule has 1 heterocycles. The van der Waals surface area contributed by atoms with Gasteiger partial charge in [-0.2, -0.15) is 13.2 Å². The van der Waals surface area contributed by atoms with Crippen LogP contribution in [0, 0.1) is 0 Å². The Morgan fingerprint density at radius 2 is 2.00 bits per heavy atom. The van der Waals surface area contributed by atoms with E-state index >= 15 is 0 Å². The van der Waals surface area contributed by atoms with E-state index in [1.54, 1.807) is 12.1 Å². The summed E-state index contributed by atoms with van der Waals surface area (Å²) < 4.78 is 43.1. The van der Waals surface area contributed by atoms with Gasteiger partial charge in [-0.25, -0.2) is 0 Å². The monoisotopic (exact) mass is 386 g/mol. The number of halogens is 3. The lowest BCUT2D eigenvalue weighted by Crippen LogP contribution is -2.38. The number of carbonyl (C=O) groups is 2. The molecular weight excluding hydrogens is 369 g/mol. The van der Waals surface area contributed by atoms with Crippen molar-refractivity contribution in [1.82, 2.24) is 10.2 Å². The van der Waals surface area contributed by atoms with Crippen molar-refractivity contribution in [1.29, 1.82) is 0 Å². The van der Waals surface area contributed by atoms with Crippen molar-refractivity contribution in [2.75, 3.05) is 19.3 Å². The lowest BCUT2D eigenvalue weighted by Gasteiger charge is -2.16. The Bertz CT molecular complexity index is 748. The topological polar surface area (TPSA) is 62.6 Å². The molecule has 0 aliphatic heterocycles. The highest BCUT2D eigenvalue weighted by atomic mass is 32.2. The van der Waals surface area contributed by atoms with E-state index < -0.39 is 11.7 Å². The molecule has 2 rings (SSSR count). The number of alkyl halides is 3. The van der Waals surface area contributed by atoms with Gasteiger partial charge in [-0.3, -0.25) is 9.59 Å². The van der Waals surface area contributed by atoms with Crippen LogP contribution in [0.2, 0.25) is 0 Å². The van der Waals surface area contributed by atoms with Crippen LogP contribution in [0.15, 0.2) is 52.0 Å². The number of hydrogen-bond donors (Lipinski definition) is 1. The first kappa shape index (κ1) is 19.9. The van der Waals surface area contributed by atoms with Crippen LogP contribution in [0.4, 0.5) is 13.2 Å². The molecule has 1 aromatic carbocycles. The Hall–Kier alpha value is -2.42. The average molecular weight is 386 g/mol. The minimum Gasteiger partial charge on any atom is -0.467 e. The molecule has 0 aliphatic carbocycles. The van der Waals surface area contributed by atoms with E-state index in [1.165, 1.54) is 30.3 Å². The largest absolute Gasteiger partial charge is 0.467 e. The zero-order valence-corrected chi connectivity index (χ0v) is 14.7. The zero-order chi connectivity index (χ0) is 19.2. The zero-order valence-electron chi connectivity index (χ0n) is 13.9. The van der Waals surface area contributed by atoms with Gasteiger partial charge in [-0.1, -0.05) is 6.07 Å². The van der Waals surface area contributed by atoms with Gasteiger partial charge in [0.2, 0.25) is 11.8 Å². The van der Waals surface area contributed by atoms with E-state index in [9.17, 15) is 22.8 Å². The van der Waals surface area contributed by atoms with Crippen LogP contribution in [-0.4, -0.2) is 36.1 Å². The van der Waals surface area contributed by atoms with E-state index in [1.807, 2.05) is 0 Å². The number of likely N-dealkylation sites (N-methyl/N-ethyl adjacent to an activating group) is 1. The smallest absolute Gasteiger partial charge is 0.416 e. The standard InChI is InChI=1S/C17H17F3N2O3S/c1-22(10-15(23)21-9-13-5-3-7-25-13)16(24)11-26-14-6-2-4-12(8-14)17(18,19)20/h2-8H,9-11H2,1H3,(H,21,23). The number of rotatable bonds is 7. The maximum atomic E-state index is 12.7. The molecule has 1 N–H and O–H groups in total. The minimum absolute atomic E-state index is 0.0662. The number of amides is 2. The highest BCUT2D eigenvalue weighted by molar-refractivity contribution is 8.00. The normalized spacial score (nSPS) is 11.2. The van der Waals surface area contributed by atoms with E-state index in [2.05, 4.69) is 5.32 Å². The van der Waals surface area contributed by atoms with Crippen molar-refractivity contribution >= 4 is 23.6 Å². The molecule has 26 heavy (non-hydrogen) atoms. The van der Waals surface area contributed by atoms with Crippen molar-refractivity contribution in [2.45, 2.75) is 17.6 Å². The van der Waals surface area contributed by atoms with Crippen LogP contribution in [-0.2, 0) is 22.3 Å². The Labute approximate surface area is 152 Å². The SMILES string of the molecule is CN(CC(=O)NCc1ccco1)C(=O)CSc1cccc(C(F)(F)F)c1. The molecule has 0 saturated carbocycles. The van der Waals surface area contributed by atoms with Crippen molar-refractivity contribution in [3.05, 3.63) is 54.0 Å². The highest BCUT2D eigenvalue weighted by Crippen LogP contribution is 2.31. The van der Waals surface area contributed by atoms with Gasteiger partial charge in [-0.05, 0) is 30.3 Å². The highest BCUT2D eigenvalue weighted by Gasteiger charge is 2.30. The first-order chi connectivity index (χ1) is 12.3. The minimum atomic E-state index is -4.43. The second-order valence-corrected chi connectivity index (χ2v) is 6.47. The average Bonchev–Trinajstić information content (AvgIpc) is 3.11. The molecule has 2 aromatic rings. The van der Waals surface area contributed by atoms with Gasteiger partial charge in [0.1, 0.15) is 5.76 Å². The Kier molecular flexibility index (Phi) is 6.73. The molecule has 1 aromatic heterocycles.